The average Bonchev–Trinajstić information content (AvgIpc) is 2.41. The predicted octanol–water partition coefficient (Wildman–Crippen LogP) is 2.96. The van der Waals surface area contributed by atoms with E-state index in [0.717, 1.165) is 0 Å². The molecule has 0 bridgehead atoms. The van der Waals surface area contributed by atoms with Gasteiger partial charge in [-0.2, -0.15) is 0 Å². The molecule has 0 radical (unpaired) electrons. The van der Waals surface area contributed by atoms with Crippen molar-refractivity contribution in [3.63, 3.8) is 0 Å². The van der Waals surface area contributed by atoms with Gasteiger partial charge in [0.05, 0.1) is 0 Å². The van der Waals surface area contributed by atoms with Crippen molar-refractivity contribution in [1.82, 2.24) is 9.97 Å². The van der Waals surface area contributed by atoms with Gasteiger partial charge in [-0.15, -0.1) is 0 Å². The van der Waals surface area contributed by atoms with Crippen LogP contribution in [0.2, 0.25) is 0 Å². The van der Waals surface area contributed by atoms with E-state index in [4.69, 9.17) is 4.74 Å². The van der Waals surface area contributed by atoms with Gasteiger partial charge in [-0.3, -0.25) is 0 Å². The Hall–Kier alpha value is -1.66. The van der Waals surface area contributed by atoms with Crippen molar-refractivity contribution >= 4 is 17.6 Å². The Morgan fingerprint density at radius 3 is 2.79 bits per heavy atom. The van der Waals surface area contributed by atoms with E-state index in [1.54, 1.807) is 38.4 Å². The van der Waals surface area contributed by atoms with E-state index >= 15 is 0 Å². The van der Waals surface area contributed by atoms with Crippen LogP contribution in [0.25, 0.3) is 0 Å². The van der Waals surface area contributed by atoms with E-state index in [-0.39, 0.29) is 5.82 Å². The normalized spacial score (nSPS) is 10.5. The van der Waals surface area contributed by atoms with Crippen LogP contribution in [-0.2, 0) is 11.3 Å². The molecule has 2 aromatic rings. The highest BCUT2D eigenvalue weighted by Gasteiger charge is 2.08. The monoisotopic (exact) mass is 279 g/mol. The summed E-state index contributed by atoms with van der Waals surface area (Å²) in [4.78, 5) is 9.11. The third-order valence-corrected chi connectivity index (χ3v) is 3.30. The Balaban J connectivity index is 2.29. The minimum Gasteiger partial charge on any atom is -0.377 e. The van der Waals surface area contributed by atoms with Crippen LogP contribution in [0.5, 0.6) is 0 Å². The quantitative estimate of drug-likeness (QED) is 0.853. The number of ether oxygens (including phenoxy) is 1. The van der Waals surface area contributed by atoms with Gasteiger partial charge in [-0.05, 0) is 12.1 Å². The van der Waals surface area contributed by atoms with Crippen LogP contribution in [0.1, 0.15) is 5.82 Å². The van der Waals surface area contributed by atoms with Crippen molar-refractivity contribution in [2.75, 3.05) is 19.5 Å². The lowest BCUT2D eigenvalue weighted by Gasteiger charge is -2.07. The second-order valence-corrected chi connectivity index (χ2v) is 4.79. The summed E-state index contributed by atoms with van der Waals surface area (Å²) in [6, 6.07) is 8.38. The molecule has 0 fully saturated rings. The molecule has 1 heterocycles. The van der Waals surface area contributed by atoms with Gasteiger partial charge < -0.3 is 10.1 Å². The molecule has 0 aliphatic rings. The maximum atomic E-state index is 13.6. The van der Waals surface area contributed by atoms with Gasteiger partial charge in [-0.25, -0.2) is 14.4 Å². The molecule has 0 aliphatic carbocycles. The van der Waals surface area contributed by atoms with Gasteiger partial charge in [0.25, 0.3) is 0 Å². The Labute approximate surface area is 115 Å². The molecule has 1 N–H and O–H groups in total. The lowest BCUT2D eigenvalue weighted by Crippen LogP contribution is -2.02. The lowest BCUT2D eigenvalue weighted by molar-refractivity contribution is 0.177. The number of aromatic nitrogens is 2. The number of benzene rings is 1. The molecule has 1 aromatic carbocycles. The van der Waals surface area contributed by atoms with Crippen molar-refractivity contribution in [2.45, 2.75) is 16.5 Å². The molecule has 0 saturated carbocycles. The number of nitrogens with one attached hydrogen (secondary N) is 1. The zero-order chi connectivity index (χ0) is 13.7. The third kappa shape index (κ3) is 3.65. The van der Waals surface area contributed by atoms with Crippen molar-refractivity contribution in [1.29, 1.82) is 0 Å². The van der Waals surface area contributed by atoms with E-state index < -0.39 is 0 Å². The second-order valence-electron chi connectivity index (χ2n) is 3.72. The second kappa shape index (κ2) is 6.49. The molecule has 0 saturated heterocycles. The maximum Gasteiger partial charge on any atom is 0.157 e. The van der Waals surface area contributed by atoms with Gasteiger partial charge >= 0.3 is 0 Å². The number of hydrogen-bond donors (Lipinski definition) is 1. The minimum atomic E-state index is -0.259. The maximum absolute atomic E-state index is 13.6. The summed E-state index contributed by atoms with van der Waals surface area (Å²) in [5, 5.41) is 3.63. The molecule has 0 unspecified atom stereocenters. The smallest absolute Gasteiger partial charge is 0.157 e. The van der Waals surface area contributed by atoms with Crippen LogP contribution in [0.4, 0.5) is 10.2 Å². The van der Waals surface area contributed by atoms with Gasteiger partial charge in [0.1, 0.15) is 23.3 Å². The molecule has 0 atom stereocenters. The number of rotatable bonds is 5. The summed E-state index contributed by atoms with van der Waals surface area (Å²) in [7, 11) is 3.36. The van der Waals surface area contributed by atoms with Crippen LogP contribution in [0.3, 0.4) is 0 Å². The first-order chi connectivity index (χ1) is 9.22. The van der Waals surface area contributed by atoms with Gasteiger partial charge in [-0.1, -0.05) is 23.9 Å². The van der Waals surface area contributed by atoms with E-state index in [9.17, 15) is 4.39 Å². The first-order valence-electron chi connectivity index (χ1n) is 5.70. The van der Waals surface area contributed by atoms with Crippen LogP contribution < -0.4 is 5.32 Å². The van der Waals surface area contributed by atoms with E-state index in [0.29, 0.717) is 28.2 Å². The molecule has 0 amide bonds. The Bertz CT molecular complexity index is 565. The molecular weight excluding hydrogens is 265 g/mol. The number of hydrogen-bond acceptors (Lipinski definition) is 5. The fourth-order valence-corrected chi connectivity index (χ4v) is 2.35. The highest BCUT2D eigenvalue weighted by Crippen LogP contribution is 2.29. The Morgan fingerprint density at radius 2 is 2.11 bits per heavy atom. The van der Waals surface area contributed by atoms with Crippen molar-refractivity contribution in [3.05, 3.63) is 42.0 Å². The van der Waals surface area contributed by atoms with Gasteiger partial charge in [0.2, 0.25) is 0 Å². The Morgan fingerprint density at radius 1 is 1.32 bits per heavy atom. The highest BCUT2D eigenvalue weighted by molar-refractivity contribution is 7.99. The summed E-state index contributed by atoms with van der Waals surface area (Å²) < 4.78 is 18.6. The highest BCUT2D eigenvalue weighted by atomic mass is 32.2. The molecule has 2 rings (SSSR count). The van der Waals surface area contributed by atoms with E-state index in [1.807, 2.05) is 0 Å². The number of nitrogens with zero attached hydrogens (tertiary/aromatic N) is 2. The predicted molar refractivity (Wildman–Crippen MR) is 72.8 cm³/mol. The summed E-state index contributed by atoms with van der Waals surface area (Å²) in [6.07, 6.45) is 0. The van der Waals surface area contributed by atoms with Crippen LogP contribution in [0, 0.1) is 5.82 Å². The number of methoxy groups -OCH3 is 1. The molecule has 100 valence electrons. The van der Waals surface area contributed by atoms with E-state index in [1.165, 1.54) is 17.8 Å². The fourth-order valence-electron chi connectivity index (χ4n) is 1.49. The molecule has 4 nitrogen and oxygen atoms in total. The van der Waals surface area contributed by atoms with Crippen LogP contribution in [0.15, 0.2) is 40.3 Å². The van der Waals surface area contributed by atoms with E-state index in [2.05, 4.69) is 15.3 Å². The lowest BCUT2D eigenvalue weighted by atomic mass is 10.3. The van der Waals surface area contributed by atoms with Gasteiger partial charge in [0.15, 0.2) is 5.82 Å². The first kappa shape index (κ1) is 13.8. The number of anilines is 1. The minimum absolute atomic E-state index is 0.259. The van der Waals surface area contributed by atoms with Crippen molar-refractivity contribution < 1.29 is 9.13 Å². The molecular formula is C13H14FN3OS. The van der Waals surface area contributed by atoms with Gasteiger partial charge in [0, 0.05) is 25.1 Å². The van der Waals surface area contributed by atoms with Crippen molar-refractivity contribution in [3.8, 4) is 0 Å². The average molecular weight is 279 g/mol. The first-order valence-corrected chi connectivity index (χ1v) is 6.51. The Kier molecular flexibility index (Phi) is 4.70. The standard InChI is InChI=1S/C13H14FN3OS/c1-15-11-7-13(17-12(16-11)8-18-2)19-10-6-4-3-5-9(10)14/h3-7H,8H2,1-2H3,(H,15,16,17). The summed E-state index contributed by atoms with van der Waals surface area (Å²) in [5.41, 5.74) is 0. The topological polar surface area (TPSA) is 47.0 Å². The number of halogens is 1. The SMILES string of the molecule is CNc1cc(Sc2ccccc2F)nc(COC)n1. The largest absolute Gasteiger partial charge is 0.377 e. The summed E-state index contributed by atoms with van der Waals surface area (Å²) in [6.45, 7) is 0.320. The van der Waals surface area contributed by atoms with Crippen LogP contribution in [-0.4, -0.2) is 24.1 Å². The molecule has 0 aliphatic heterocycles. The molecule has 6 heteroatoms. The zero-order valence-electron chi connectivity index (χ0n) is 10.7. The molecule has 0 spiro atoms. The third-order valence-electron chi connectivity index (χ3n) is 2.33. The zero-order valence-corrected chi connectivity index (χ0v) is 11.5. The molecule has 1 aromatic heterocycles. The fraction of sp³-hybridized carbons (Fsp3) is 0.231. The summed E-state index contributed by atoms with van der Waals surface area (Å²) >= 11 is 1.26. The van der Waals surface area contributed by atoms with Crippen molar-refractivity contribution in [2.24, 2.45) is 0 Å². The summed E-state index contributed by atoms with van der Waals surface area (Å²) in [5.74, 6) is 0.986. The van der Waals surface area contributed by atoms with Crippen LogP contribution >= 0.6 is 11.8 Å². The molecule has 19 heavy (non-hydrogen) atoms.